The summed E-state index contributed by atoms with van der Waals surface area (Å²) in [6.45, 7) is 3.86. The number of hydrogen-bond acceptors (Lipinski definition) is 4. The number of benzene rings is 1. The van der Waals surface area contributed by atoms with Crippen molar-refractivity contribution in [3.8, 4) is 0 Å². The molecule has 0 saturated carbocycles. The fourth-order valence-electron chi connectivity index (χ4n) is 2.44. The smallest absolute Gasteiger partial charge is 0.328 e. The summed E-state index contributed by atoms with van der Waals surface area (Å²) in [7, 11) is 1.36. The summed E-state index contributed by atoms with van der Waals surface area (Å²) < 4.78 is 4.88. The number of carbonyl (C=O) groups is 2. The third kappa shape index (κ3) is 2.82. The highest BCUT2D eigenvalue weighted by molar-refractivity contribution is 8.00. The van der Waals surface area contributed by atoms with Gasteiger partial charge in [0.05, 0.1) is 12.9 Å². The Kier molecular flexibility index (Phi) is 4.70. The predicted octanol–water partition coefficient (Wildman–Crippen LogP) is 2.46. The molecule has 0 spiro atoms. The topological polar surface area (TPSA) is 46.6 Å². The van der Waals surface area contributed by atoms with Crippen molar-refractivity contribution < 1.29 is 14.3 Å². The number of methoxy groups -OCH3 is 1. The zero-order valence-electron chi connectivity index (χ0n) is 11.9. The van der Waals surface area contributed by atoms with Gasteiger partial charge in [-0.25, -0.2) is 4.79 Å². The molecule has 1 amide bonds. The van der Waals surface area contributed by atoms with E-state index in [1.54, 1.807) is 16.7 Å². The Morgan fingerprint density at radius 3 is 2.55 bits per heavy atom. The third-order valence-corrected chi connectivity index (χ3v) is 4.59. The van der Waals surface area contributed by atoms with E-state index in [0.29, 0.717) is 5.75 Å². The molecule has 1 saturated heterocycles. The van der Waals surface area contributed by atoms with Crippen molar-refractivity contribution in [2.24, 2.45) is 5.92 Å². The molecular formula is C15H19NO3S. The van der Waals surface area contributed by atoms with Crippen LogP contribution in [0.3, 0.4) is 0 Å². The highest BCUT2D eigenvalue weighted by Gasteiger charge is 2.42. The molecule has 1 heterocycles. The fraction of sp³-hybridized carbons (Fsp3) is 0.467. The molecule has 2 atom stereocenters. The highest BCUT2D eigenvalue weighted by Crippen LogP contribution is 2.41. The highest BCUT2D eigenvalue weighted by atomic mass is 32.2. The maximum atomic E-state index is 12.2. The van der Waals surface area contributed by atoms with Crippen molar-refractivity contribution in [1.29, 1.82) is 0 Å². The monoisotopic (exact) mass is 293 g/mol. The Bertz CT molecular complexity index is 489. The molecule has 4 nitrogen and oxygen atoms in total. The van der Waals surface area contributed by atoms with Gasteiger partial charge in [0.15, 0.2) is 0 Å². The van der Waals surface area contributed by atoms with Crippen LogP contribution in [0.1, 0.15) is 24.8 Å². The average Bonchev–Trinajstić information content (AvgIpc) is 2.81. The van der Waals surface area contributed by atoms with Gasteiger partial charge in [-0.05, 0) is 11.5 Å². The van der Waals surface area contributed by atoms with Crippen LogP contribution in [0.5, 0.6) is 0 Å². The second-order valence-electron chi connectivity index (χ2n) is 5.09. The van der Waals surface area contributed by atoms with E-state index >= 15 is 0 Å². The number of nitrogens with zero attached hydrogens (tertiary/aromatic N) is 1. The van der Waals surface area contributed by atoms with Crippen LogP contribution in [-0.4, -0.2) is 35.7 Å². The van der Waals surface area contributed by atoms with Crippen molar-refractivity contribution in [3.05, 3.63) is 35.9 Å². The molecule has 20 heavy (non-hydrogen) atoms. The Morgan fingerprint density at radius 2 is 2.00 bits per heavy atom. The second kappa shape index (κ2) is 6.31. The molecular weight excluding hydrogens is 274 g/mol. The van der Waals surface area contributed by atoms with Crippen LogP contribution >= 0.6 is 11.8 Å². The van der Waals surface area contributed by atoms with Crippen molar-refractivity contribution in [3.63, 3.8) is 0 Å². The molecule has 1 aromatic rings. The first-order valence-electron chi connectivity index (χ1n) is 6.61. The standard InChI is InChI=1S/C15H19NO3S/c1-10(2)13(15(18)19-3)16-12(17)9-20-14(16)11-7-5-4-6-8-11/h4-8,10,13-14H,9H2,1-3H3/t13-,14?/m1/s1. The minimum Gasteiger partial charge on any atom is -0.467 e. The average molecular weight is 293 g/mol. The Morgan fingerprint density at radius 1 is 1.35 bits per heavy atom. The van der Waals surface area contributed by atoms with Gasteiger partial charge in [-0.15, -0.1) is 11.8 Å². The molecule has 0 N–H and O–H groups in total. The van der Waals surface area contributed by atoms with E-state index in [-0.39, 0.29) is 23.2 Å². The number of esters is 1. The number of ether oxygens (including phenoxy) is 1. The molecule has 0 aliphatic carbocycles. The first-order chi connectivity index (χ1) is 9.56. The SMILES string of the molecule is COC(=O)[C@@H](C(C)C)N1C(=O)CSC1c1ccccc1. The normalized spacial score (nSPS) is 20.3. The molecule has 108 valence electrons. The predicted molar refractivity (Wildman–Crippen MR) is 79.1 cm³/mol. The van der Waals surface area contributed by atoms with Gasteiger partial charge in [0.1, 0.15) is 11.4 Å². The molecule has 5 heteroatoms. The minimum atomic E-state index is -0.535. The van der Waals surface area contributed by atoms with E-state index in [4.69, 9.17) is 4.74 Å². The maximum absolute atomic E-state index is 12.2. The zero-order chi connectivity index (χ0) is 14.7. The Labute approximate surface area is 123 Å². The van der Waals surface area contributed by atoms with E-state index in [1.807, 2.05) is 44.2 Å². The van der Waals surface area contributed by atoms with Crippen LogP contribution in [-0.2, 0) is 14.3 Å². The summed E-state index contributed by atoms with van der Waals surface area (Å²) in [4.78, 5) is 25.9. The summed E-state index contributed by atoms with van der Waals surface area (Å²) in [5.41, 5.74) is 1.04. The van der Waals surface area contributed by atoms with Crippen LogP contribution < -0.4 is 0 Å². The first kappa shape index (κ1) is 14.9. The summed E-state index contributed by atoms with van der Waals surface area (Å²) in [6, 6.07) is 9.26. The van der Waals surface area contributed by atoms with Crippen LogP contribution in [0.15, 0.2) is 30.3 Å². The number of hydrogen-bond donors (Lipinski definition) is 0. The summed E-state index contributed by atoms with van der Waals surface area (Å²) in [5, 5.41) is -0.116. The minimum absolute atomic E-state index is 0.00652. The molecule has 0 aromatic heterocycles. The van der Waals surface area contributed by atoms with Gasteiger partial charge in [0, 0.05) is 0 Å². The van der Waals surface area contributed by atoms with Crippen molar-refractivity contribution >= 4 is 23.6 Å². The van der Waals surface area contributed by atoms with Crippen molar-refractivity contribution in [2.45, 2.75) is 25.3 Å². The van der Waals surface area contributed by atoms with Crippen molar-refractivity contribution in [1.82, 2.24) is 4.90 Å². The number of carbonyl (C=O) groups excluding carboxylic acids is 2. The van der Waals surface area contributed by atoms with E-state index in [1.165, 1.54) is 7.11 Å². The number of thioether (sulfide) groups is 1. The summed E-state index contributed by atoms with van der Waals surface area (Å²) >= 11 is 1.55. The van der Waals surface area contributed by atoms with E-state index in [0.717, 1.165) is 5.56 Å². The molecule has 1 unspecified atom stereocenters. The number of rotatable bonds is 4. The second-order valence-corrected chi connectivity index (χ2v) is 6.16. The third-order valence-electron chi connectivity index (χ3n) is 3.36. The van der Waals surface area contributed by atoms with Gasteiger partial charge in [-0.1, -0.05) is 44.2 Å². The van der Waals surface area contributed by atoms with Gasteiger partial charge in [0.2, 0.25) is 5.91 Å². The van der Waals surface area contributed by atoms with E-state index in [2.05, 4.69) is 0 Å². The van der Waals surface area contributed by atoms with Gasteiger partial charge in [-0.2, -0.15) is 0 Å². The lowest BCUT2D eigenvalue weighted by atomic mass is 10.0. The van der Waals surface area contributed by atoms with E-state index in [9.17, 15) is 9.59 Å². The van der Waals surface area contributed by atoms with Crippen molar-refractivity contribution in [2.75, 3.05) is 12.9 Å². The summed E-state index contributed by atoms with van der Waals surface area (Å²) in [5.74, 6) is 0.0563. The Balaban J connectivity index is 2.34. The van der Waals surface area contributed by atoms with E-state index < -0.39 is 6.04 Å². The van der Waals surface area contributed by atoms with Gasteiger partial charge >= 0.3 is 5.97 Å². The lowest BCUT2D eigenvalue weighted by Crippen LogP contribution is -2.47. The fourth-order valence-corrected chi connectivity index (χ4v) is 3.65. The lowest BCUT2D eigenvalue weighted by Gasteiger charge is -2.33. The molecule has 0 bridgehead atoms. The van der Waals surface area contributed by atoms with Crippen LogP contribution in [0.2, 0.25) is 0 Å². The first-order valence-corrected chi connectivity index (χ1v) is 7.66. The molecule has 1 aliphatic rings. The molecule has 2 rings (SSSR count). The molecule has 1 fully saturated rings. The lowest BCUT2D eigenvalue weighted by molar-refractivity contribution is -0.154. The maximum Gasteiger partial charge on any atom is 0.328 e. The number of amides is 1. The van der Waals surface area contributed by atoms with Crippen LogP contribution in [0.25, 0.3) is 0 Å². The van der Waals surface area contributed by atoms with Crippen LogP contribution in [0, 0.1) is 5.92 Å². The summed E-state index contributed by atoms with van der Waals surface area (Å²) in [6.07, 6.45) is 0. The zero-order valence-corrected chi connectivity index (χ0v) is 12.7. The molecule has 1 aliphatic heterocycles. The molecule has 1 aromatic carbocycles. The Hall–Kier alpha value is -1.49. The van der Waals surface area contributed by atoms with Gasteiger partial charge in [-0.3, -0.25) is 4.79 Å². The molecule has 0 radical (unpaired) electrons. The van der Waals surface area contributed by atoms with Gasteiger partial charge < -0.3 is 9.64 Å². The largest absolute Gasteiger partial charge is 0.467 e. The van der Waals surface area contributed by atoms with Gasteiger partial charge in [0.25, 0.3) is 0 Å². The quantitative estimate of drug-likeness (QED) is 0.800. The van der Waals surface area contributed by atoms with Crippen LogP contribution in [0.4, 0.5) is 0 Å².